The molecule has 0 aromatic rings. The van der Waals surface area contributed by atoms with Gasteiger partial charge in [-0.2, -0.15) is 0 Å². The Morgan fingerprint density at radius 2 is 2.00 bits per heavy atom. The van der Waals surface area contributed by atoms with E-state index >= 15 is 0 Å². The van der Waals surface area contributed by atoms with Crippen molar-refractivity contribution < 1.29 is 10.2 Å². The second kappa shape index (κ2) is 3.56. The van der Waals surface area contributed by atoms with Gasteiger partial charge in [0.25, 0.3) is 0 Å². The van der Waals surface area contributed by atoms with Crippen LogP contribution in [0.4, 0.5) is 0 Å². The Hall–Kier alpha value is -0.120. The minimum Gasteiger partial charge on any atom is -0.393 e. The standard InChI is InChI=1S/C10H21NO2/c1-9(2,3)11-6-4-5-10(13,7-11)8-12/h12-13H,4-8H2,1-3H3. The van der Waals surface area contributed by atoms with Crippen LogP contribution in [0.3, 0.4) is 0 Å². The largest absolute Gasteiger partial charge is 0.393 e. The van der Waals surface area contributed by atoms with Crippen molar-refractivity contribution in [3.8, 4) is 0 Å². The number of aliphatic hydroxyl groups is 2. The number of rotatable bonds is 1. The van der Waals surface area contributed by atoms with Crippen LogP contribution in [0, 0.1) is 0 Å². The van der Waals surface area contributed by atoms with Crippen molar-refractivity contribution in [2.24, 2.45) is 0 Å². The zero-order valence-corrected chi connectivity index (χ0v) is 8.88. The molecule has 2 N–H and O–H groups in total. The number of β-amino-alcohol motifs (C(OH)–C–C–N with tert-alkyl or cyclic N) is 1. The molecular weight excluding hydrogens is 166 g/mol. The molecule has 3 nitrogen and oxygen atoms in total. The van der Waals surface area contributed by atoms with Crippen molar-refractivity contribution in [1.29, 1.82) is 0 Å². The zero-order valence-electron chi connectivity index (χ0n) is 8.88. The van der Waals surface area contributed by atoms with E-state index < -0.39 is 5.60 Å². The molecule has 0 spiro atoms. The quantitative estimate of drug-likeness (QED) is 0.632. The topological polar surface area (TPSA) is 43.7 Å². The molecule has 1 heterocycles. The highest BCUT2D eigenvalue weighted by Crippen LogP contribution is 2.26. The van der Waals surface area contributed by atoms with Crippen LogP contribution < -0.4 is 0 Å². The van der Waals surface area contributed by atoms with Gasteiger partial charge in [0.15, 0.2) is 0 Å². The van der Waals surface area contributed by atoms with Crippen molar-refractivity contribution in [1.82, 2.24) is 4.90 Å². The van der Waals surface area contributed by atoms with E-state index in [1.807, 2.05) is 0 Å². The lowest BCUT2D eigenvalue weighted by Gasteiger charge is -2.44. The lowest BCUT2D eigenvalue weighted by atomic mass is 9.90. The Balaban J connectivity index is 2.62. The zero-order chi connectivity index (χ0) is 10.1. The molecule has 0 radical (unpaired) electrons. The molecule has 0 bridgehead atoms. The molecule has 1 aliphatic rings. The van der Waals surface area contributed by atoms with Gasteiger partial charge < -0.3 is 10.2 Å². The Labute approximate surface area is 80.4 Å². The van der Waals surface area contributed by atoms with E-state index in [9.17, 15) is 5.11 Å². The second-order valence-corrected chi connectivity index (χ2v) is 5.08. The lowest BCUT2D eigenvalue weighted by Crippen LogP contribution is -2.56. The number of hydrogen-bond acceptors (Lipinski definition) is 3. The van der Waals surface area contributed by atoms with Crippen LogP contribution in [-0.4, -0.2) is 45.9 Å². The van der Waals surface area contributed by atoms with Crippen LogP contribution in [0.2, 0.25) is 0 Å². The fraction of sp³-hybridized carbons (Fsp3) is 1.00. The third kappa shape index (κ3) is 2.66. The van der Waals surface area contributed by atoms with Crippen LogP contribution in [0.15, 0.2) is 0 Å². The van der Waals surface area contributed by atoms with Crippen molar-refractivity contribution in [2.75, 3.05) is 19.7 Å². The average Bonchev–Trinajstić information content (AvgIpc) is 2.03. The van der Waals surface area contributed by atoms with Crippen LogP contribution in [0.1, 0.15) is 33.6 Å². The van der Waals surface area contributed by atoms with Crippen LogP contribution in [0.5, 0.6) is 0 Å². The Bertz CT molecular complexity index is 176. The van der Waals surface area contributed by atoms with Gasteiger partial charge in [0.05, 0.1) is 6.61 Å². The summed E-state index contributed by atoms with van der Waals surface area (Å²) in [7, 11) is 0. The summed E-state index contributed by atoms with van der Waals surface area (Å²) in [5.74, 6) is 0. The van der Waals surface area contributed by atoms with Crippen LogP contribution in [-0.2, 0) is 0 Å². The molecule has 78 valence electrons. The molecule has 1 rings (SSSR count). The van der Waals surface area contributed by atoms with Gasteiger partial charge in [0.1, 0.15) is 5.60 Å². The highest BCUT2D eigenvalue weighted by atomic mass is 16.3. The second-order valence-electron chi connectivity index (χ2n) is 5.08. The number of likely N-dealkylation sites (tertiary alicyclic amines) is 1. The molecule has 0 aliphatic carbocycles. The highest BCUT2D eigenvalue weighted by Gasteiger charge is 2.36. The predicted octanol–water partition coefficient (Wildman–Crippen LogP) is 0.604. The first-order valence-electron chi connectivity index (χ1n) is 4.96. The van der Waals surface area contributed by atoms with Gasteiger partial charge in [-0.05, 0) is 40.2 Å². The van der Waals surface area contributed by atoms with Gasteiger partial charge in [-0.1, -0.05) is 0 Å². The minimum absolute atomic E-state index is 0.0869. The van der Waals surface area contributed by atoms with Crippen molar-refractivity contribution in [2.45, 2.75) is 44.8 Å². The molecule has 3 heteroatoms. The molecule has 1 aliphatic heterocycles. The summed E-state index contributed by atoms with van der Waals surface area (Å²) in [5, 5.41) is 19.0. The molecular formula is C10H21NO2. The molecule has 0 saturated carbocycles. The van der Waals surface area contributed by atoms with E-state index in [-0.39, 0.29) is 12.1 Å². The minimum atomic E-state index is -0.870. The van der Waals surface area contributed by atoms with Gasteiger partial charge in [0, 0.05) is 12.1 Å². The predicted molar refractivity (Wildman–Crippen MR) is 52.6 cm³/mol. The number of piperidine rings is 1. The van der Waals surface area contributed by atoms with E-state index in [0.717, 1.165) is 19.4 Å². The Kier molecular flexibility index (Phi) is 3.00. The lowest BCUT2D eigenvalue weighted by molar-refractivity contribution is -0.0860. The monoisotopic (exact) mass is 187 g/mol. The van der Waals surface area contributed by atoms with Crippen molar-refractivity contribution in [3.63, 3.8) is 0 Å². The van der Waals surface area contributed by atoms with Gasteiger partial charge in [0.2, 0.25) is 0 Å². The summed E-state index contributed by atoms with van der Waals surface area (Å²) in [6.45, 7) is 7.89. The molecule has 0 aromatic carbocycles. The summed E-state index contributed by atoms with van der Waals surface area (Å²) in [6.07, 6.45) is 1.68. The molecule has 0 aromatic heterocycles. The third-order valence-electron chi connectivity index (χ3n) is 2.80. The molecule has 13 heavy (non-hydrogen) atoms. The summed E-state index contributed by atoms with van der Waals surface area (Å²) >= 11 is 0. The fourth-order valence-corrected chi connectivity index (χ4v) is 1.81. The first-order valence-corrected chi connectivity index (χ1v) is 4.96. The first-order chi connectivity index (χ1) is 5.87. The SMILES string of the molecule is CC(C)(C)N1CCCC(O)(CO)C1. The van der Waals surface area contributed by atoms with Gasteiger partial charge in [-0.25, -0.2) is 0 Å². The molecule has 0 amide bonds. The van der Waals surface area contributed by atoms with Gasteiger partial charge in [-0.15, -0.1) is 0 Å². The Morgan fingerprint density at radius 3 is 2.46 bits per heavy atom. The van der Waals surface area contributed by atoms with E-state index in [1.54, 1.807) is 0 Å². The Morgan fingerprint density at radius 1 is 1.38 bits per heavy atom. The maximum Gasteiger partial charge on any atom is 0.100 e. The van der Waals surface area contributed by atoms with Crippen molar-refractivity contribution in [3.05, 3.63) is 0 Å². The summed E-state index contributed by atoms with van der Waals surface area (Å²) in [5.41, 5.74) is -0.783. The number of hydrogen-bond donors (Lipinski definition) is 2. The molecule has 1 saturated heterocycles. The van der Waals surface area contributed by atoms with E-state index in [1.165, 1.54) is 0 Å². The normalized spacial score (nSPS) is 32.1. The smallest absolute Gasteiger partial charge is 0.100 e. The van der Waals surface area contributed by atoms with Gasteiger partial charge in [-0.3, -0.25) is 4.90 Å². The molecule has 1 fully saturated rings. The third-order valence-corrected chi connectivity index (χ3v) is 2.80. The summed E-state index contributed by atoms with van der Waals surface area (Å²) in [4.78, 5) is 2.23. The first kappa shape index (κ1) is 11.0. The molecule has 1 atom stereocenters. The maximum atomic E-state index is 9.92. The van der Waals surface area contributed by atoms with E-state index in [0.29, 0.717) is 6.54 Å². The highest BCUT2D eigenvalue weighted by molar-refractivity contribution is 4.91. The van der Waals surface area contributed by atoms with E-state index in [4.69, 9.17) is 5.11 Å². The number of aliphatic hydroxyl groups excluding tert-OH is 1. The average molecular weight is 187 g/mol. The summed E-state index contributed by atoms with van der Waals surface area (Å²) in [6, 6.07) is 0. The number of nitrogens with zero attached hydrogens (tertiary/aromatic N) is 1. The van der Waals surface area contributed by atoms with E-state index in [2.05, 4.69) is 25.7 Å². The summed E-state index contributed by atoms with van der Waals surface area (Å²) < 4.78 is 0. The van der Waals surface area contributed by atoms with Crippen LogP contribution in [0.25, 0.3) is 0 Å². The molecule has 1 unspecified atom stereocenters. The van der Waals surface area contributed by atoms with Gasteiger partial charge >= 0.3 is 0 Å². The maximum absolute atomic E-state index is 9.92. The fourth-order valence-electron chi connectivity index (χ4n) is 1.81. The van der Waals surface area contributed by atoms with Crippen molar-refractivity contribution >= 4 is 0 Å². The van der Waals surface area contributed by atoms with Crippen LogP contribution >= 0.6 is 0 Å².